The molecule has 5 heteroatoms. The maximum absolute atomic E-state index is 11.8. The normalized spacial score (nSPS) is 16.3. The van der Waals surface area contributed by atoms with Gasteiger partial charge in [-0.25, -0.2) is 4.79 Å². The van der Waals surface area contributed by atoms with Crippen LogP contribution in [0, 0.1) is 6.92 Å². The first kappa shape index (κ1) is 14.3. The second-order valence-electron chi connectivity index (χ2n) is 6.04. The summed E-state index contributed by atoms with van der Waals surface area (Å²) in [5.74, 6) is 0. The van der Waals surface area contributed by atoms with Crippen LogP contribution in [0.3, 0.4) is 0 Å². The van der Waals surface area contributed by atoms with Crippen LogP contribution in [0.15, 0.2) is 10.8 Å². The number of rotatable bonds is 3. The Bertz CT molecular complexity index is 445. The van der Waals surface area contributed by atoms with Crippen molar-refractivity contribution < 1.29 is 9.53 Å². The summed E-state index contributed by atoms with van der Waals surface area (Å²) >= 11 is 1.73. The molecule has 1 aliphatic heterocycles. The van der Waals surface area contributed by atoms with Gasteiger partial charge in [-0.1, -0.05) is 0 Å². The lowest BCUT2D eigenvalue weighted by Crippen LogP contribution is -2.60. The number of nitrogens with zero attached hydrogens (tertiary/aromatic N) is 1. The van der Waals surface area contributed by atoms with E-state index in [1.165, 1.54) is 11.1 Å². The number of aryl methyl sites for hydroxylation is 1. The van der Waals surface area contributed by atoms with Crippen LogP contribution in [-0.4, -0.2) is 35.7 Å². The monoisotopic (exact) mass is 282 g/mol. The number of nitrogens with one attached hydrogen (secondary N) is 1. The Morgan fingerprint density at radius 1 is 1.47 bits per heavy atom. The minimum atomic E-state index is -0.413. The Hall–Kier alpha value is -1.07. The molecule has 0 atom stereocenters. The first-order valence-electron chi connectivity index (χ1n) is 6.58. The van der Waals surface area contributed by atoms with Gasteiger partial charge in [0.1, 0.15) is 5.60 Å². The molecule has 1 aliphatic rings. The van der Waals surface area contributed by atoms with Crippen molar-refractivity contribution in [1.29, 1.82) is 0 Å². The highest BCUT2D eigenvalue weighted by atomic mass is 32.1. The van der Waals surface area contributed by atoms with E-state index in [0.717, 1.165) is 19.6 Å². The molecule has 1 amide bonds. The van der Waals surface area contributed by atoms with Crippen molar-refractivity contribution in [3.8, 4) is 0 Å². The lowest BCUT2D eigenvalue weighted by molar-refractivity contribution is 0.00518. The average molecular weight is 282 g/mol. The molecule has 1 N–H and O–H groups in total. The van der Waals surface area contributed by atoms with Gasteiger partial charge in [-0.3, -0.25) is 0 Å². The Balaban J connectivity index is 1.69. The molecule has 0 spiro atoms. The van der Waals surface area contributed by atoms with Crippen LogP contribution in [0.1, 0.15) is 31.9 Å². The third-order valence-electron chi connectivity index (χ3n) is 3.08. The first-order chi connectivity index (χ1) is 8.85. The second kappa shape index (κ2) is 5.51. The molecule has 2 rings (SSSR count). The molecular weight excluding hydrogens is 260 g/mol. The fourth-order valence-electron chi connectivity index (χ4n) is 1.91. The Morgan fingerprint density at radius 2 is 2.16 bits per heavy atom. The molecule has 0 unspecified atom stereocenters. The number of likely N-dealkylation sites (tertiary alicyclic amines) is 1. The van der Waals surface area contributed by atoms with Crippen LogP contribution in [0.2, 0.25) is 0 Å². The van der Waals surface area contributed by atoms with Gasteiger partial charge in [0.05, 0.1) is 0 Å². The minimum Gasteiger partial charge on any atom is -0.444 e. The van der Waals surface area contributed by atoms with Gasteiger partial charge in [-0.05, 0) is 49.6 Å². The van der Waals surface area contributed by atoms with Crippen LogP contribution in [0.4, 0.5) is 4.79 Å². The Kier molecular flexibility index (Phi) is 4.16. The molecule has 0 bridgehead atoms. The lowest BCUT2D eigenvalue weighted by Gasteiger charge is -2.40. The van der Waals surface area contributed by atoms with E-state index in [4.69, 9.17) is 4.74 Å². The van der Waals surface area contributed by atoms with E-state index in [2.05, 4.69) is 23.0 Å². The molecule has 0 aliphatic carbocycles. The summed E-state index contributed by atoms with van der Waals surface area (Å²) in [6.07, 6.45) is -0.211. The van der Waals surface area contributed by atoms with E-state index in [1.54, 1.807) is 16.2 Å². The van der Waals surface area contributed by atoms with E-state index in [-0.39, 0.29) is 6.09 Å². The summed E-state index contributed by atoms with van der Waals surface area (Å²) in [6, 6.07) is 0.381. The van der Waals surface area contributed by atoms with Gasteiger partial charge in [0, 0.05) is 25.7 Å². The highest BCUT2D eigenvalue weighted by Crippen LogP contribution is 2.17. The zero-order valence-corrected chi connectivity index (χ0v) is 12.8. The van der Waals surface area contributed by atoms with Gasteiger partial charge in [-0.2, -0.15) is 11.3 Å². The van der Waals surface area contributed by atoms with E-state index >= 15 is 0 Å². The molecule has 2 heterocycles. The first-order valence-corrected chi connectivity index (χ1v) is 7.52. The number of amides is 1. The summed E-state index contributed by atoms with van der Waals surface area (Å²) in [5, 5.41) is 7.80. The third kappa shape index (κ3) is 3.94. The van der Waals surface area contributed by atoms with E-state index in [1.807, 2.05) is 20.8 Å². The standard InChI is InChI=1S/C14H22N2O2S/c1-10-8-19-9-11(10)5-15-12-6-16(7-12)13(17)18-14(2,3)4/h8-9,12,15H,5-7H2,1-4H3. The molecular formula is C14H22N2O2S. The van der Waals surface area contributed by atoms with Crippen molar-refractivity contribution in [2.75, 3.05) is 13.1 Å². The Labute approximate surface area is 118 Å². The fourth-order valence-corrected chi connectivity index (χ4v) is 2.76. The molecule has 1 saturated heterocycles. The summed E-state index contributed by atoms with van der Waals surface area (Å²) < 4.78 is 5.32. The third-order valence-corrected chi connectivity index (χ3v) is 3.99. The van der Waals surface area contributed by atoms with Gasteiger partial charge >= 0.3 is 6.09 Å². The topological polar surface area (TPSA) is 41.6 Å². The molecule has 1 fully saturated rings. The molecule has 4 nitrogen and oxygen atoms in total. The molecule has 19 heavy (non-hydrogen) atoms. The smallest absolute Gasteiger partial charge is 0.410 e. The van der Waals surface area contributed by atoms with Crippen LogP contribution >= 0.6 is 11.3 Å². The molecule has 1 aromatic rings. The van der Waals surface area contributed by atoms with Crippen molar-refractivity contribution in [2.24, 2.45) is 0 Å². The molecule has 0 radical (unpaired) electrons. The van der Waals surface area contributed by atoms with Crippen molar-refractivity contribution >= 4 is 17.4 Å². The number of hydrogen-bond donors (Lipinski definition) is 1. The lowest BCUT2D eigenvalue weighted by atomic mass is 10.1. The Morgan fingerprint density at radius 3 is 2.68 bits per heavy atom. The van der Waals surface area contributed by atoms with Crippen molar-refractivity contribution in [2.45, 2.75) is 45.9 Å². The number of carbonyl (C=O) groups is 1. The number of carbonyl (C=O) groups excluding carboxylic acids is 1. The number of ether oxygens (including phenoxy) is 1. The van der Waals surface area contributed by atoms with Crippen LogP contribution in [0.5, 0.6) is 0 Å². The molecule has 1 aromatic heterocycles. The maximum atomic E-state index is 11.8. The quantitative estimate of drug-likeness (QED) is 0.927. The highest BCUT2D eigenvalue weighted by molar-refractivity contribution is 7.08. The minimum absolute atomic E-state index is 0.211. The number of hydrogen-bond acceptors (Lipinski definition) is 4. The van der Waals surface area contributed by atoms with Crippen molar-refractivity contribution in [1.82, 2.24) is 10.2 Å². The van der Waals surface area contributed by atoms with Gasteiger partial charge in [0.25, 0.3) is 0 Å². The van der Waals surface area contributed by atoms with E-state index < -0.39 is 5.60 Å². The van der Waals surface area contributed by atoms with E-state index in [9.17, 15) is 4.79 Å². The summed E-state index contributed by atoms with van der Waals surface area (Å²) in [5.41, 5.74) is 2.27. The number of thiophene rings is 1. The van der Waals surface area contributed by atoms with Gasteiger partial charge in [0.2, 0.25) is 0 Å². The SMILES string of the molecule is Cc1cscc1CNC1CN(C(=O)OC(C)(C)C)C1. The average Bonchev–Trinajstić information content (AvgIpc) is 2.59. The summed E-state index contributed by atoms with van der Waals surface area (Å²) in [7, 11) is 0. The predicted octanol–water partition coefficient (Wildman–Crippen LogP) is 2.77. The van der Waals surface area contributed by atoms with Crippen LogP contribution < -0.4 is 5.32 Å². The fraction of sp³-hybridized carbons (Fsp3) is 0.643. The largest absolute Gasteiger partial charge is 0.444 e. The summed E-state index contributed by atoms with van der Waals surface area (Å²) in [6.45, 7) is 10.1. The van der Waals surface area contributed by atoms with Gasteiger partial charge < -0.3 is 15.0 Å². The molecule has 0 saturated carbocycles. The molecule has 106 valence electrons. The highest BCUT2D eigenvalue weighted by Gasteiger charge is 2.33. The van der Waals surface area contributed by atoms with Crippen LogP contribution in [0.25, 0.3) is 0 Å². The maximum Gasteiger partial charge on any atom is 0.410 e. The summed E-state index contributed by atoms with van der Waals surface area (Å²) in [4.78, 5) is 13.5. The van der Waals surface area contributed by atoms with Crippen LogP contribution in [-0.2, 0) is 11.3 Å². The zero-order valence-electron chi connectivity index (χ0n) is 12.0. The van der Waals surface area contributed by atoms with E-state index in [0.29, 0.717) is 6.04 Å². The molecule has 0 aromatic carbocycles. The van der Waals surface area contributed by atoms with Gasteiger partial charge in [0.15, 0.2) is 0 Å². The predicted molar refractivity (Wildman–Crippen MR) is 77.5 cm³/mol. The van der Waals surface area contributed by atoms with Crippen molar-refractivity contribution in [3.05, 3.63) is 21.9 Å². The zero-order chi connectivity index (χ0) is 14.0. The van der Waals surface area contributed by atoms with Crippen molar-refractivity contribution in [3.63, 3.8) is 0 Å². The second-order valence-corrected chi connectivity index (χ2v) is 6.79. The van der Waals surface area contributed by atoms with Gasteiger partial charge in [-0.15, -0.1) is 0 Å².